The van der Waals surface area contributed by atoms with Crippen LogP contribution in [0.4, 0.5) is 0 Å². The molecule has 1 heterocycles. The van der Waals surface area contributed by atoms with Gasteiger partial charge in [-0.05, 0) is 24.6 Å². The number of carboxylic acids is 1. The Morgan fingerprint density at radius 2 is 2.00 bits per heavy atom. The number of furan rings is 1. The maximum Gasteiger partial charge on any atom is 0.339 e. The summed E-state index contributed by atoms with van der Waals surface area (Å²) >= 11 is 12.0. The van der Waals surface area contributed by atoms with Crippen LogP contribution in [-0.4, -0.2) is 17.0 Å². The number of hydrogen-bond acceptors (Lipinski definition) is 3. The van der Waals surface area contributed by atoms with Crippen molar-refractivity contribution in [2.75, 3.05) is 0 Å². The standard InChI is InChI=1S/C16H15Cl2NO4/c1-3-13-11(16(21)22)7-14(23-13)15(20)19-8(2)10-5-4-9(17)6-12(10)18/h4-8H,3H2,1-2H3,(H,19,20)(H,21,22)/t8-/m0/s1. The Kier molecular flexibility index (Phi) is 5.34. The summed E-state index contributed by atoms with van der Waals surface area (Å²) in [5, 5.41) is 12.8. The molecule has 1 amide bonds. The third kappa shape index (κ3) is 3.86. The molecule has 5 nitrogen and oxygen atoms in total. The van der Waals surface area contributed by atoms with Crippen LogP contribution in [0.3, 0.4) is 0 Å². The van der Waals surface area contributed by atoms with Gasteiger partial charge in [0.15, 0.2) is 5.76 Å². The van der Waals surface area contributed by atoms with Gasteiger partial charge < -0.3 is 14.8 Å². The predicted octanol–water partition coefficient (Wildman–Crippen LogP) is 4.34. The molecule has 2 rings (SSSR count). The molecule has 0 saturated carbocycles. The largest absolute Gasteiger partial charge is 0.478 e. The minimum atomic E-state index is -1.13. The monoisotopic (exact) mass is 355 g/mol. The second-order valence-corrected chi connectivity index (χ2v) is 5.81. The van der Waals surface area contributed by atoms with E-state index in [9.17, 15) is 9.59 Å². The lowest BCUT2D eigenvalue weighted by Crippen LogP contribution is -2.26. The number of amides is 1. The lowest BCUT2D eigenvalue weighted by Gasteiger charge is -2.15. The second kappa shape index (κ2) is 7.06. The number of nitrogens with one attached hydrogen (secondary N) is 1. The number of aryl methyl sites for hydroxylation is 1. The molecule has 2 aromatic rings. The highest BCUT2D eigenvalue weighted by atomic mass is 35.5. The zero-order valence-electron chi connectivity index (χ0n) is 12.5. The SMILES string of the molecule is CCc1oc(C(=O)N[C@@H](C)c2ccc(Cl)cc2Cl)cc1C(=O)O. The van der Waals surface area contributed by atoms with Crippen LogP contribution >= 0.6 is 23.2 Å². The first-order valence-electron chi connectivity index (χ1n) is 6.95. The van der Waals surface area contributed by atoms with Crippen molar-refractivity contribution in [3.05, 3.63) is 57.0 Å². The first kappa shape index (κ1) is 17.4. The molecule has 0 aliphatic carbocycles. The van der Waals surface area contributed by atoms with Crippen molar-refractivity contribution in [2.24, 2.45) is 0 Å². The average Bonchev–Trinajstić information content (AvgIpc) is 2.91. The molecule has 0 aliphatic rings. The molecule has 0 aliphatic heterocycles. The molecule has 7 heteroatoms. The molecular formula is C16H15Cl2NO4. The lowest BCUT2D eigenvalue weighted by molar-refractivity contribution is 0.0694. The van der Waals surface area contributed by atoms with Gasteiger partial charge >= 0.3 is 5.97 Å². The summed E-state index contributed by atoms with van der Waals surface area (Å²) in [6, 6.07) is 5.82. The third-order valence-corrected chi connectivity index (χ3v) is 3.92. The van der Waals surface area contributed by atoms with Crippen LogP contribution < -0.4 is 5.32 Å². The normalized spacial score (nSPS) is 12.0. The molecule has 0 spiro atoms. The Morgan fingerprint density at radius 1 is 1.30 bits per heavy atom. The third-order valence-electron chi connectivity index (χ3n) is 3.36. The van der Waals surface area contributed by atoms with Gasteiger partial charge in [-0.15, -0.1) is 0 Å². The molecule has 0 fully saturated rings. The average molecular weight is 356 g/mol. The summed E-state index contributed by atoms with van der Waals surface area (Å²) in [7, 11) is 0. The van der Waals surface area contributed by atoms with Crippen molar-refractivity contribution in [3.8, 4) is 0 Å². The predicted molar refractivity (Wildman–Crippen MR) is 87.4 cm³/mol. The molecule has 1 atom stereocenters. The summed E-state index contributed by atoms with van der Waals surface area (Å²) < 4.78 is 5.33. The number of halogens is 2. The summed E-state index contributed by atoms with van der Waals surface area (Å²) in [4.78, 5) is 23.4. The highest BCUT2D eigenvalue weighted by Gasteiger charge is 2.22. The Morgan fingerprint density at radius 3 is 2.52 bits per heavy atom. The van der Waals surface area contributed by atoms with E-state index in [-0.39, 0.29) is 17.1 Å². The number of benzene rings is 1. The van der Waals surface area contributed by atoms with Gasteiger partial charge in [0.1, 0.15) is 11.3 Å². The molecule has 0 saturated heterocycles. The van der Waals surface area contributed by atoms with Crippen molar-refractivity contribution >= 4 is 35.1 Å². The van der Waals surface area contributed by atoms with Crippen LogP contribution in [0, 0.1) is 0 Å². The van der Waals surface area contributed by atoms with Crippen molar-refractivity contribution in [1.29, 1.82) is 0 Å². The zero-order chi connectivity index (χ0) is 17.1. The summed E-state index contributed by atoms with van der Waals surface area (Å²) in [6.07, 6.45) is 0.382. The van der Waals surface area contributed by atoms with E-state index in [1.54, 1.807) is 32.0 Å². The van der Waals surface area contributed by atoms with E-state index >= 15 is 0 Å². The minimum absolute atomic E-state index is 0.00479. The summed E-state index contributed by atoms with van der Waals surface area (Å²) in [5.74, 6) is -1.42. The van der Waals surface area contributed by atoms with E-state index in [2.05, 4.69) is 5.32 Å². The maximum absolute atomic E-state index is 12.2. The van der Waals surface area contributed by atoms with Gasteiger partial charge in [0.05, 0.1) is 6.04 Å². The van der Waals surface area contributed by atoms with E-state index in [4.69, 9.17) is 32.7 Å². The molecule has 1 aromatic carbocycles. The number of hydrogen-bond donors (Lipinski definition) is 2. The Hall–Kier alpha value is -1.98. The topological polar surface area (TPSA) is 79.5 Å². The van der Waals surface area contributed by atoms with E-state index in [1.807, 2.05) is 0 Å². The molecule has 0 bridgehead atoms. The van der Waals surface area contributed by atoms with Gasteiger partial charge in [0.25, 0.3) is 5.91 Å². The number of aromatic carboxylic acids is 1. The Labute approximate surface area is 143 Å². The van der Waals surface area contributed by atoms with Crippen LogP contribution in [0.25, 0.3) is 0 Å². The van der Waals surface area contributed by atoms with Crippen LogP contribution in [0.5, 0.6) is 0 Å². The quantitative estimate of drug-likeness (QED) is 0.835. The molecular weight excluding hydrogens is 341 g/mol. The van der Waals surface area contributed by atoms with Gasteiger partial charge in [-0.25, -0.2) is 4.79 Å². The number of carboxylic acid groups (broad SMARTS) is 1. The fraction of sp³-hybridized carbons (Fsp3) is 0.250. The van der Waals surface area contributed by atoms with Crippen LogP contribution in [0.1, 0.15) is 52.1 Å². The fourth-order valence-corrected chi connectivity index (χ4v) is 2.75. The Bertz CT molecular complexity index is 755. The smallest absolute Gasteiger partial charge is 0.339 e. The maximum atomic E-state index is 12.2. The minimum Gasteiger partial charge on any atom is -0.478 e. The van der Waals surface area contributed by atoms with E-state index < -0.39 is 17.9 Å². The van der Waals surface area contributed by atoms with Gasteiger partial charge in [-0.3, -0.25) is 4.79 Å². The first-order valence-corrected chi connectivity index (χ1v) is 7.70. The highest BCUT2D eigenvalue weighted by Crippen LogP contribution is 2.26. The van der Waals surface area contributed by atoms with Gasteiger partial charge in [-0.1, -0.05) is 36.2 Å². The molecule has 1 aromatic heterocycles. The summed E-state index contributed by atoms with van der Waals surface area (Å²) in [6.45, 7) is 3.51. The zero-order valence-corrected chi connectivity index (χ0v) is 14.0. The molecule has 2 N–H and O–H groups in total. The second-order valence-electron chi connectivity index (χ2n) is 4.97. The van der Waals surface area contributed by atoms with Crippen LogP contribution in [0.15, 0.2) is 28.7 Å². The number of rotatable bonds is 5. The van der Waals surface area contributed by atoms with Crippen molar-refractivity contribution in [3.63, 3.8) is 0 Å². The van der Waals surface area contributed by atoms with Gasteiger partial charge in [0.2, 0.25) is 0 Å². The van der Waals surface area contributed by atoms with Crippen molar-refractivity contribution in [1.82, 2.24) is 5.32 Å². The van der Waals surface area contributed by atoms with E-state index in [0.717, 1.165) is 0 Å². The molecule has 122 valence electrons. The van der Waals surface area contributed by atoms with Crippen molar-refractivity contribution in [2.45, 2.75) is 26.3 Å². The first-order chi connectivity index (χ1) is 10.8. The fourth-order valence-electron chi connectivity index (χ4n) is 2.18. The molecule has 0 radical (unpaired) electrons. The highest BCUT2D eigenvalue weighted by molar-refractivity contribution is 6.35. The Balaban J connectivity index is 2.20. The van der Waals surface area contributed by atoms with Crippen molar-refractivity contribution < 1.29 is 19.1 Å². The molecule has 0 unspecified atom stereocenters. The van der Waals surface area contributed by atoms with E-state index in [1.165, 1.54) is 6.07 Å². The van der Waals surface area contributed by atoms with E-state index in [0.29, 0.717) is 22.0 Å². The van der Waals surface area contributed by atoms with Gasteiger partial charge in [-0.2, -0.15) is 0 Å². The number of carbonyl (C=O) groups is 2. The lowest BCUT2D eigenvalue weighted by atomic mass is 10.1. The summed E-state index contributed by atoms with van der Waals surface area (Å²) in [5.41, 5.74) is 0.694. The van der Waals surface area contributed by atoms with Crippen LogP contribution in [-0.2, 0) is 6.42 Å². The van der Waals surface area contributed by atoms with Gasteiger partial charge in [0, 0.05) is 22.5 Å². The van der Waals surface area contributed by atoms with Crippen LogP contribution in [0.2, 0.25) is 10.0 Å². The molecule has 23 heavy (non-hydrogen) atoms. The number of carbonyl (C=O) groups excluding carboxylic acids is 1.